The standard InChI is InChI=1S/C34H38ClN3O2/c35-28-14-12-23(13-15-28)20-32(37-33(39)31-21-26-7-1-2-8-27(26)22-36-31)34(40)38-18-16-25(17-19-38)30-11-5-9-24-6-3-4-10-29(24)30/h1-2,5,7-9,11-15,25,31-32,36H,3-4,6,10,16-22H2,(H,37,39)/t31?,32-/m1/s1. The van der Waals surface area contributed by atoms with Crippen molar-refractivity contribution in [3.05, 3.63) is 105 Å². The number of carbonyl (C=O) groups is 2. The van der Waals surface area contributed by atoms with Crippen LogP contribution >= 0.6 is 11.6 Å². The number of aryl methyl sites for hydroxylation is 1. The van der Waals surface area contributed by atoms with Crippen LogP contribution < -0.4 is 10.6 Å². The maximum Gasteiger partial charge on any atom is 0.245 e. The molecule has 0 aromatic heterocycles. The van der Waals surface area contributed by atoms with E-state index in [1.54, 1.807) is 5.56 Å². The molecule has 2 N–H and O–H groups in total. The SMILES string of the molecule is O=C(N[C@H](Cc1ccc(Cl)cc1)C(=O)N1CCC(c2cccc3c2CCCC3)CC1)C1Cc2ccccc2CN1. The fraction of sp³-hybridized carbons (Fsp3) is 0.412. The normalized spacial score (nSPS) is 19.8. The Kier molecular flexibility index (Phi) is 8.22. The summed E-state index contributed by atoms with van der Waals surface area (Å²) in [5.74, 6) is 0.383. The molecule has 2 amide bonds. The summed E-state index contributed by atoms with van der Waals surface area (Å²) in [6, 6.07) is 21.6. The summed E-state index contributed by atoms with van der Waals surface area (Å²) < 4.78 is 0. The van der Waals surface area contributed by atoms with E-state index in [1.807, 2.05) is 41.3 Å². The van der Waals surface area contributed by atoms with Crippen molar-refractivity contribution in [2.45, 2.75) is 75.9 Å². The van der Waals surface area contributed by atoms with Crippen molar-refractivity contribution >= 4 is 23.4 Å². The molecule has 1 aliphatic carbocycles. The maximum absolute atomic E-state index is 13.9. The van der Waals surface area contributed by atoms with E-state index in [1.165, 1.54) is 47.9 Å². The van der Waals surface area contributed by atoms with Crippen LogP contribution in [0.3, 0.4) is 0 Å². The number of fused-ring (bicyclic) bond motifs is 2. The predicted molar refractivity (Wildman–Crippen MR) is 159 cm³/mol. The van der Waals surface area contributed by atoms with Gasteiger partial charge in [0.25, 0.3) is 0 Å². The first kappa shape index (κ1) is 27.0. The highest BCUT2D eigenvalue weighted by molar-refractivity contribution is 6.30. The Balaban J connectivity index is 1.14. The highest BCUT2D eigenvalue weighted by Gasteiger charge is 2.33. The van der Waals surface area contributed by atoms with Gasteiger partial charge in [-0.3, -0.25) is 9.59 Å². The van der Waals surface area contributed by atoms with E-state index in [0.29, 0.717) is 30.3 Å². The molecule has 40 heavy (non-hydrogen) atoms. The van der Waals surface area contributed by atoms with E-state index in [0.717, 1.165) is 31.5 Å². The lowest BCUT2D eigenvalue weighted by Crippen LogP contribution is -2.56. The van der Waals surface area contributed by atoms with Crippen molar-refractivity contribution in [3.8, 4) is 0 Å². The number of halogens is 1. The van der Waals surface area contributed by atoms with E-state index in [4.69, 9.17) is 11.6 Å². The van der Waals surface area contributed by atoms with Gasteiger partial charge in [0, 0.05) is 31.1 Å². The Morgan fingerprint density at radius 3 is 2.42 bits per heavy atom. The van der Waals surface area contributed by atoms with Gasteiger partial charge < -0.3 is 15.5 Å². The van der Waals surface area contributed by atoms with E-state index in [-0.39, 0.29) is 17.9 Å². The molecule has 3 aromatic carbocycles. The molecule has 2 aliphatic heterocycles. The molecule has 1 unspecified atom stereocenters. The molecule has 5 nitrogen and oxygen atoms in total. The Labute approximate surface area is 242 Å². The quantitative estimate of drug-likeness (QED) is 0.430. The van der Waals surface area contributed by atoms with Gasteiger partial charge in [0.2, 0.25) is 11.8 Å². The molecule has 6 rings (SSSR count). The summed E-state index contributed by atoms with van der Waals surface area (Å²) in [7, 11) is 0. The van der Waals surface area contributed by atoms with Crippen molar-refractivity contribution in [3.63, 3.8) is 0 Å². The number of benzene rings is 3. The van der Waals surface area contributed by atoms with Crippen LogP contribution in [0, 0.1) is 0 Å². The summed E-state index contributed by atoms with van der Waals surface area (Å²) in [6.07, 6.45) is 7.92. The second-order valence-corrected chi connectivity index (χ2v) is 12.0. The summed E-state index contributed by atoms with van der Waals surface area (Å²) in [6.45, 7) is 2.09. The minimum atomic E-state index is -0.617. The van der Waals surface area contributed by atoms with Crippen molar-refractivity contribution in [2.24, 2.45) is 0 Å². The fourth-order valence-corrected chi connectivity index (χ4v) is 6.92. The largest absolute Gasteiger partial charge is 0.343 e. The third-order valence-electron chi connectivity index (χ3n) is 9.04. The predicted octanol–water partition coefficient (Wildman–Crippen LogP) is 5.37. The monoisotopic (exact) mass is 555 g/mol. The van der Waals surface area contributed by atoms with Gasteiger partial charge in [-0.2, -0.15) is 0 Å². The van der Waals surface area contributed by atoms with Gasteiger partial charge in [0.15, 0.2) is 0 Å². The van der Waals surface area contributed by atoms with Gasteiger partial charge >= 0.3 is 0 Å². The summed E-state index contributed by atoms with van der Waals surface area (Å²) in [5, 5.41) is 7.16. The van der Waals surface area contributed by atoms with Crippen molar-refractivity contribution in [1.82, 2.24) is 15.5 Å². The van der Waals surface area contributed by atoms with E-state index < -0.39 is 6.04 Å². The minimum absolute atomic E-state index is 0.00745. The number of carbonyl (C=O) groups excluding carboxylic acids is 2. The lowest BCUT2D eigenvalue weighted by atomic mass is 9.80. The molecule has 1 saturated heterocycles. The molecular formula is C34H38ClN3O2. The van der Waals surface area contributed by atoms with Crippen LogP contribution in [0.15, 0.2) is 66.7 Å². The lowest BCUT2D eigenvalue weighted by Gasteiger charge is -2.36. The average molecular weight is 556 g/mol. The molecule has 6 heteroatoms. The smallest absolute Gasteiger partial charge is 0.245 e. The van der Waals surface area contributed by atoms with Gasteiger partial charge in [-0.15, -0.1) is 0 Å². The van der Waals surface area contributed by atoms with Crippen LogP contribution in [0.4, 0.5) is 0 Å². The van der Waals surface area contributed by atoms with Gasteiger partial charge in [0.05, 0.1) is 6.04 Å². The van der Waals surface area contributed by atoms with Gasteiger partial charge in [-0.05, 0) is 96.4 Å². The highest BCUT2D eigenvalue weighted by atomic mass is 35.5. The average Bonchev–Trinajstić information content (AvgIpc) is 3.01. The van der Waals surface area contributed by atoms with Gasteiger partial charge in [-0.1, -0.05) is 66.2 Å². The number of nitrogens with zero attached hydrogens (tertiary/aromatic N) is 1. The van der Waals surface area contributed by atoms with E-state index >= 15 is 0 Å². The summed E-state index contributed by atoms with van der Waals surface area (Å²) >= 11 is 6.11. The van der Waals surface area contributed by atoms with E-state index in [2.05, 4.69) is 41.0 Å². The summed E-state index contributed by atoms with van der Waals surface area (Å²) in [5.41, 5.74) is 7.98. The number of piperidine rings is 1. The minimum Gasteiger partial charge on any atom is -0.343 e. The van der Waals surface area contributed by atoms with Gasteiger partial charge in [-0.25, -0.2) is 0 Å². The lowest BCUT2D eigenvalue weighted by molar-refractivity contribution is -0.137. The third-order valence-corrected chi connectivity index (χ3v) is 9.30. The zero-order valence-corrected chi connectivity index (χ0v) is 23.8. The van der Waals surface area contributed by atoms with Crippen LogP contribution in [0.5, 0.6) is 0 Å². The highest BCUT2D eigenvalue weighted by Crippen LogP contribution is 2.35. The zero-order chi connectivity index (χ0) is 27.5. The number of rotatable bonds is 6. The van der Waals surface area contributed by atoms with Crippen molar-refractivity contribution < 1.29 is 9.59 Å². The van der Waals surface area contributed by atoms with Crippen molar-refractivity contribution in [1.29, 1.82) is 0 Å². The molecular weight excluding hydrogens is 518 g/mol. The Bertz CT molecular complexity index is 1360. The van der Waals surface area contributed by atoms with Crippen molar-refractivity contribution in [2.75, 3.05) is 13.1 Å². The molecule has 0 spiro atoms. The first-order valence-corrected chi connectivity index (χ1v) is 15.2. The third kappa shape index (κ3) is 5.96. The topological polar surface area (TPSA) is 61.4 Å². The number of hydrogen-bond donors (Lipinski definition) is 2. The van der Waals surface area contributed by atoms with Crippen LogP contribution in [-0.2, 0) is 41.8 Å². The second-order valence-electron chi connectivity index (χ2n) is 11.6. The molecule has 3 aliphatic rings. The molecule has 3 aromatic rings. The first-order chi connectivity index (χ1) is 19.5. The zero-order valence-electron chi connectivity index (χ0n) is 23.0. The Morgan fingerprint density at radius 2 is 1.62 bits per heavy atom. The number of hydrogen-bond acceptors (Lipinski definition) is 3. The van der Waals surface area contributed by atoms with E-state index in [9.17, 15) is 9.59 Å². The van der Waals surface area contributed by atoms with Crippen LogP contribution in [0.1, 0.15) is 65.0 Å². The first-order valence-electron chi connectivity index (χ1n) is 14.8. The number of amides is 2. The fourth-order valence-electron chi connectivity index (χ4n) is 6.79. The molecule has 0 saturated carbocycles. The summed E-state index contributed by atoms with van der Waals surface area (Å²) in [4.78, 5) is 29.4. The number of likely N-dealkylation sites (tertiary alicyclic amines) is 1. The molecule has 2 atom stereocenters. The molecule has 0 radical (unpaired) electrons. The second kappa shape index (κ2) is 12.2. The molecule has 208 valence electrons. The Morgan fingerprint density at radius 1 is 0.900 bits per heavy atom. The number of nitrogens with one attached hydrogen (secondary N) is 2. The van der Waals surface area contributed by atoms with Crippen LogP contribution in [-0.4, -0.2) is 41.9 Å². The molecule has 2 heterocycles. The maximum atomic E-state index is 13.9. The molecule has 0 bridgehead atoms. The van der Waals surface area contributed by atoms with Gasteiger partial charge in [0.1, 0.15) is 6.04 Å². The molecule has 1 fully saturated rings. The Hall–Kier alpha value is -3.15. The van der Waals surface area contributed by atoms with Crippen LogP contribution in [0.25, 0.3) is 0 Å². The van der Waals surface area contributed by atoms with Crippen LogP contribution in [0.2, 0.25) is 5.02 Å².